The number of aromatic nitrogens is 4. The third-order valence-corrected chi connectivity index (χ3v) is 5.08. The molecule has 2 aromatic heterocycles. The molecule has 148 valence electrons. The first-order chi connectivity index (χ1) is 13.2. The topological polar surface area (TPSA) is 73.1 Å². The SMILES string of the molecule is Cc1cc(C(F)(F)F)cc(O)c1-c1cnc2cn([C@@H]3CCOC[C@H]3C)nc2n1. The van der Waals surface area contributed by atoms with E-state index in [9.17, 15) is 18.3 Å². The highest BCUT2D eigenvalue weighted by atomic mass is 19.4. The smallest absolute Gasteiger partial charge is 0.416 e. The largest absolute Gasteiger partial charge is 0.507 e. The van der Waals surface area contributed by atoms with Crippen LogP contribution < -0.4 is 0 Å². The fraction of sp³-hybridized carbons (Fsp3) is 0.421. The molecular formula is C19H19F3N4O2. The van der Waals surface area contributed by atoms with E-state index in [0.29, 0.717) is 36.4 Å². The van der Waals surface area contributed by atoms with Gasteiger partial charge in [-0.05, 0) is 31.0 Å². The molecular weight excluding hydrogens is 373 g/mol. The van der Waals surface area contributed by atoms with Crippen molar-refractivity contribution in [3.05, 3.63) is 35.7 Å². The van der Waals surface area contributed by atoms with Crippen molar-refractivity contribution >= 4 is 11.2 Å². The lowest BCUT2D eigenvalue weighted by Gasteiger charge is -2.28. The molecule has 0 saturated carbocycles. The van der Waals surface area contributed by atoms with Crippen molar-refractivity contribution < 1.29 is 23.0 Å². The van der Waals surface area contributed by atoms with Gasteiger partial charge in [-0.25, -0.2) is 9.97 Å². The van der Waals surface area contributed by atoms with Crippen molar-refractivity contribution in [2.24, 2.45) is 5.92 Å². The Morgan fingerprint density at radius 1 is 1.29 bits per heavy atom. The van der Waals surface area contributed by atoms with Crippen LogP contribution in [0.25, 0.3) is 22.4 Å². The van der Waals surface area contributed by atoms with Crippen molar-refractivity contribution in [3.63, 3.8) is 0 Å². The summed E-state index contributed by atoms with van der Waals surface area (Å²) >= 11 is 0. The number of alkyl halides is 3. The number of rotatable bonds is 2. The number of phenols is 1. The van der Waals surface area contributed by atoms with Crippen LogP contribution in [0.3, 0.4) is 0 Å². The molecule has 1 aliphatic rings. The second-order valence-electron chi connectivity index (χ2n) is 7.17. The molecule has 1 aliphatic heterocycles. The molecule has 2 atom stereocenters. The average molecular weight is 392 g/mol. The molecule has 28 heavy (non-hydrogen) atoms. The Morgan fingerprint density at radius 2 is 2.07 bits per heavy atom. The summed E-state index contributed by atoms with van der Waals surface area (Å²) in [6.07, 6.45) is -0.439. The minimum atomic E-state index is -4.53. The molecule has 4 rings (SSSR count). The van der Waals surface area contributed by atoms with Gasteiger partial charge >= 0.3 is 6.18 Å². The number of hydrogen-bond donors (Lipinski definition) is 1. The summed E-state index contributed by atoms with van der Waals surface area (Å²) in [4.78, 5) is 8.77. The van der Waals surface area contributed by atoms with Crippen molar-refractivity contribution in [2.75, 3.05) is 13.2 Å². The summed E-state index contributed by atoms with van der Waals surface area (Å²) in [5.41, 5.74) is 0.829. The minimum Gasteiger partial charge on any atom is -0.507 e. The fourth-order valence-corrected chi connectivity index (χ4v) is 3.63. The van der Waals surface area contributed by atoms with Crippen LogP contribution in [0.2, 0.25) is 0 Å². The zero-order chi connectivity index (χ0) is 20.1. The second kappa shape index (κ2) is 6.73. The molecule has 0 unspecified atom stereocenters. The van der Waals surface area contributed by atoms with Gasteiger partial charge in [0.25, 0.3) is 0 Å². The van der Waals surface area contributed by atoms with Gasteiger partial charge in [-0.2, -0.15) is 18.3 Å². The Morgan fingerprint density at radius 3 is 2.75 bits per heavy atom. The second-order valence-corrected chi connectivity index (χ2v) is 7.17. The van der Waals surface area contributed by atoms with Crippen LogP contribution in [0.15, 0.2) is 24.5 Å². The maximum Gasteiger partial charge on any atom is 0.416 e. The number of phenolic OH excluding ortho intramolecular Hbond substituents is 1. The lowest BCUT2D eigenvalue weighted by molar-refractivity contribution is -0.137. The van der Waals surface area contributed by atoms with Gasteiger partial charge in [0, 0.05) is 18.1 Å². The van der Waals surface area contributed by atoms with Gasteiger partial charge in [-0.3, -0.25) is 4.68 Å². The third-order valence-electron chi connectivity index (χ3n) is 5.08. The van der Waals surface area contributed by atoms with Crippen LogP contribution in [0.5, 0.6) is 5.75 Å². The van der Waals surface area contributed by atoms with Crippen molar-refractivity contribution in [1.82, 2.24) is 19.7 Å². The molecule has 6 nitrogen and oxygen atoms in total. The summed E-state index contributed by atoms with van der Waals surface area (Å²) in [6, 6.07) is 1.87. The van der Waals surface area contributed by atoms with E-state index >= 15 is 0 Å². The van der Waals surface area contributed by atoms with E-state index in [1.54, 1.807) is 0 Å². The Balaban J connectivity index is 1.74. The van der Waals surface area contributed by atoms with Crippen LogP contribution in [0, 0.1) is 12.8 Å². The summed E-state index contributed by atoms with van der Waals surface area (Å²) < 4.78 is 46.1. The zero-order valence-corrected chi connectivity index (χ0v) is 15.4. The number of fused-ring (bicyclic) bond motifs is 1. The van der Waals surface area contributed by atoms with Crippen molar-refractivity contribution in [1.29, 1.82) is 0 Å². The number of halogens is 3. The van der Waals surface area contributed by atoms with Crippen LogP contribution >= 0.6 is 0 Å². The van der Waals surface area contributed by atoms with E-state index in [-0.39, 0.29) is 22.9 Å². The molecule has 3 heterocycles. The molecule has 0 bridgehead atoms. The molecule has 3 aromatic rings. The normalized spacial score (nSPS) is 20.6. The number of hydrogen-bond acceptors (Lipinski definition) is 5. The Labute approximate surface area is 159 Å². The summed E-state index contributed by atoms with van der Waals surface area (Å²) in [6.45, 7) is 4.91. The molecule has 1 N–H and O–H groups in total. The molecule has 0 radical (unpaired) electrons. The number of benzene rings is 1. The first-order valence-corrected chi connectivity index (χ1v) is 8.95. The molecule has 1 aromatic carbocycles. The Kier molecular flexibility index (Phi) is 4.49. The quantitative estimate of drug-likeness (QED) is 0.710. The Hall–Kier alpha value is -2.68. The highest BCUT2D eigenvalue weighted by Crippen LogP contribution is 2.38. The lowest BCUT2D eigenvalue weighted by atomic mass is 9.98. The van der Waals surface area contributed by atoms with Gasteiger partial charge in [-0.15, -0.1) is 0 Å². The summed E-state index contributed by atoms with van der Waals surface area (Å²) in [7, 11) is 0. The standard InChI is InChI=1S/C19H19F3N4O2/c1-10-5-12(19(20,21)22)6-16(27)17(10)13-7-23-14-8-26(25-18(14)24-13)15-3-4-28-9-11(15)2/h5-8,11,15,27H,3-4,9H2,1-2H3/t11-,15-/m1/s1. The van der Waals surface area contributed by atoms with Gasteiger partial charge in [-0.1, -0.05) is 6.92 Å². The van der Waals surface area contributed by atoms with Gasteiger partial charge in [0.2, 0.25) is 0 Å². The molecule has 1 fully saturated rings. The highest BCUT2D eigenvalue weighted by molar-refractivity contribution is 5.77. The fourth-order valence-electron chi connectivity index (χ4n) is 3.63. The van der Waals surface area contributed by atoms with E-state index in [1.165, 1.54) is 13.1 Å². The first-order valence-electron chi connectivity index (χ1n) is 8.95. The number of aromatic hydroxyl groups is 1. The van der Waals surface area contributed by atoms with E-state index in [0.717, 1.165) is 12.5 Å². The third kappa shape index (κ3) is 3.30. The van der Waals surface area contributed by atoms with E-state index in [2.05, 4.69) is 22.0 Å². The molecule has 0 amide bonds. The zero-order valence-electron chi connectivity index (χ0n) is 15.4. The van der Waals surface area contributed by atoms with Gasteiger partial charge in [0.05, 0.1) is 36.3 Å². The summed E-state index contributed by atoms with van der Waals surface area (Å²) in [5.74, 6) is -0.192. The molecule has 0 aliphatic carbocycles. The molecule has 0 spiro atoms. The predicted octanol–water partition coefficient (Wildman–Crippen LogP) is 4.12. The van der Waals surface area contributed by atoms with Crippen LogP contribution in [-0.4, -0.2) is 38.1 Å². The maximum absolute atomic E-state index is 12.9. The van der Waals surface area contributed by atoms with E-state index < -0.39 is 17.5 Å². The maximum atomic E-state index is 12.9. The van der Waals surface area contributed by atoms with Gasteiger partial charge in [0.15, 0.2) is 5.65 Å². The van der Waals surface area contributed by atoms with Crippen LogP contribution in [0.1, 0.15) is 30.5 Å². The van der Waals surface area contributed by atoms with Crippen molar-refractivity contribution in [2.45, 2.75) is 32.5 Å². The van der Waals surface area contributed by atoms with E-state index in [1.807, 2.05) is 10.9 Å². The Bertz CT molecular complexity index is 1010. The monoisotopic (exact) mass is 392 g/mol. The van der Waals surface area contributed by atoms with E-state index in [4.69, 9.17) is 4.74 Å². The summed E-state index contributed by atoms with van der Waals surface area (Å²) in [5, 5.41) is 14.7. The van der Waals surface area contributed by atoms with Crippen LogP contribution in [-0.2, 0) is 10.9 Å². The van der Waals surface area contributed by atoms with Gasteiger partial charge in [0.1, 0.15) is 11.3 Å². The minimum absolute atomic E-state index is 0.175. The van der Waals surface area contributed by atoms with Gasteiger partial charge < -0.3 is 9.84 Å². The first kappa shape index (κ1) is 18.7. The lowest BCUT2D eigenvalue weighted by Crippen LogP contribution is -2.28. The highest BCUT2D eigenvalue weighted by Gasteiger charge is 2.32. The number of nitrogens with zero attached hydrogens (tertiary/aromatic N) is 4. The molecule has 9 heteroatoms. The number of ether oxygens (including phenoxy) is 1. The predicted molar refractivity (Wildman–Crippen MR) is 95.8 cm³/mol. The van der Waals surface area contributed by atoms with Crippen molar-refractivity contribution in [3.8, 4) is 17.0 Å². The molecule has 1 saturated heterocycles. The van der Waals surface area contributed by atoms with Crippen LogP contribution in [0.4, 0.5) is 13.2 Å². The average Bonchev–Trinajstić information content (AvgIpc) is 3.04. The number of aryl methyl sites for hydroxylation is 1.